The van der Waals surface area contributed by atoms with Crippen molar-refractivity contribution in [2.45, 2.75) is 46.8 Å². The number of aryl methyl sites for hydroxylation is 1. The summed E-state index contributed by atoms with van der Waals surface area (Å²) >= 11 is 0. The summed E-state index contributed by atoms with van der Waals surface area (Å²) in [5.41, 5.74) is 1.23. The molecule has 1 rings (SSSR count). The van der Waals surface area contributed by atoms with E-state index in [0.29, 0.717) is 6.04 Å². The molecule has 1 N–H and O–H groups in total. The lowest BCUT2D eigenvalue weighted by atomic mass is 10.2. The molecule has 1 atom stereocenters. The van der Waals surface area contributed by atoms with E-state index in [9.17, 15) is 0 Å². The Bertz CT molecular complexity index is 363. The first-order valence-electron chi connectivity index (χ1n) is 7.14. The van der Waals surface area contributed by atoms with Crippen LogP contribution < -0.4 is 5.32 Å². The molecular formula is C15H28N2O2. The largest absolute Gasteiger partial charge is 0.463 e. The Balaban J connectivity index is 2.64. The van der Waals surface area contributed by atoms with E-state index in [1.165, 1.54) is 5.56 Å². The molecule has 4 heteroatoms. The van der Waals surface area contributed by atoms with Gasteiger partial charge in [0.2, 0.25) is 0 Å². The predicted molar refractivity (Wildman–Crippen MR) is 78.2 cm³/mol. The molecule has 1 heterocycles. The van der Waals surface area contributed by atoms with E-state index in [1.54, 1.807) is 7.11 Å². The summed E-state index contributed by atoms with van der Waals surface area (Å²) in [6.07, 6.45) is 0. The van der Waals surface area contributed by atoms with Crippen molar-refractivity contribution in [3.05, 3.63) is 23.2 Å². The highest BCUT2D eigenvalue weighted by molar-refractivity contribution is 5.20. The van der Waals surface area contributed by atoms with Gasteiger partial charge in [-0.2, -0.15) is 0 Å². The summed E-state index contributed by atoms with van der Waals surface area (Å²) in [5, 5.41) is 3.30. The van der Waals surface area contributed by atoms with Gasteiger partial charge in [0, 0.05) is 13.2 Å². The summed E-state index contributed by atoms with van der Waals surface area (Å²) in [7, 11) is 1.75. The Labute approximate surface area is 117 Å². The smallest absolute Gasteiger partial charge is 0.120 e. The van der Waals surface area contributed by atoms with Crippen molar-refractivity contribution < 1.29 is 9.15 Å². The number of methoxy groups -OCH3 is 1. The van der Waals surface area contributed by atoms with Crippen LogP contribution >= 0.6 is 0 Å². The maximum absolute atomic E-state index is 5.93. The van der Waals surface area contributed by atoms with Gasteiger partial charge in [0.25, 0.3) is 0 Å². The summed E-state index contributed by atoms with van der Waals surface area (Å²) < 4.78 is 11.2. The average molecular weight is 268 g/mol. The lowest BCUT2D eigenvalue weighted by Crippen LogP contribution is -2.35. The van der Waals surface area contributed by atoms with Crippen molar-refractivity contribution >= 4 is 0 Å². The molecule has 1 unspecified atom stereocenters. The number of ether oxygens (including phenoxy) is 1. The fourth-order valence-electron chi connectivity index (χ4n) is 2.21. The molecule has 0 bridgehead atoms. The number of rotatable bonds is 9. The van der Waals surface area contributed by atoms with Gasteiger partial charge in [-0.3, -0.25) is 4.90 Å². The van der Waals surface area contributed by atoms with Crippen molar-refractivity contribution in [1.82, 2.24) is 10.2 Å². The van der Waals surface area contributed by atoms with Gasteiger partial charge in [-0.1, -0.05) is 13.8 Å². The average Bonchev–Trinajstić information content (AvgIpc) is 2.74. The first-order chi connectivity index (χ1) is 9.12. The van der Waals surface area contributed by atoms with Crippen LogP contribution in [0, 0.1) is 6.92 Å². The molecule has 110 valence electrons. The first-order valence-corrected chi connectivity index (χ1v) is 7.14. The highest BCUT2D eigenvalue weighted by atomic mass is 16.5. The molecule has 0 saturated heterocycles. The normalized spacial score (nSPS) is 13.2. The number of hydrogen-bond acceptors (Lipinski definition) is 4. The van der Waals surface area contributed by atoms with Crippen LogP contribution in [0.1, 0.15) is 37.9 Å². The summed E-state index contributed by atoms with van der Waals surface area (Å²) in [6.45, 7) is 12.9. The Hall–Kier alpha value is -0.840. The van der Waals surface area contributed by atoms with Gasteiger partial charge in [-0.15, -0.1) is 0 Å². The predicted octanol–water partition coefficient (Wildman–Crippen LogP) is 2.55. The molecule has 0 radical (unpaired) electrons. The van der Waals surface area contributed by atoms with Crippen molar-refractivity contribution in [3.63, 3.8) is 0 Å². The van der Waals surface area contributed by atoms with E-state index in [0.717, 1.165) is 44.3 Å². The quantitative estimate of drug-likeness (QED) is 0.747. The van der Waals surface area contributed by atoms with Crippen molar-refractivity contribution in [1.29, 1.82) is 0 Å². The topological polar surface area (TPSA) is 37.6 Å². The Kier molecular flexibility index (Phi) is 7.13. The van der Waals surface area contributed by atoms with Gasteiger partial charge in [0.15, 0.2) is 0 Å². The molecule has 1 aromatic heterocycles. The first kappa shape index (κ1) is 16.2. The van der Waals surface area contributed by atoms with Crippen molar-refractivity contribution in [3.8, 4) is 0 Å². The van der Waals surface area contributed by atoms with Crippen LogP contribution in [0.25, 0.3) is 0 Å². The zero-order chi connectivity index (χ0) is 14.3. The molecule has 1 aromatic rings. The molecule has 0 fully saturated rings. The Morgan fingerprint density at radius 2 is 2.16 bits per heavy atom. The number of likely N-dealkylation sites (N-methyl/N-ethyl adjacent to an activating group) is 1. The molecule has 0 saturated carbocycles. The maximum atomic E-state index is 5.93. The van der Waals surface area contributed by atoms with Crippen LogP contribution in [0.4, 0.5) is 0 Å². The van der Waals surface area contributed by atoms with E-state index in [1.807, 2.05) is 0 Å². The summed E-state index contributed by atoms with van der Waals surface area (Å²) in [4.78, 5) is 2.36. The number of hydrogen-bond donors (Lipinski definition) is 1. The monoisotopic (exact) mass is 268 g/mol. The minimum absolute atomic E-state index is 0.401. The third-order valence-electron chi connectivity index (χ3n) is 3.40. The van der Waals surface area contributed by atoms with E-state index in [4.69, 9.17) is 9.15 Å². The molecule has 0 aliphatic carbocycles. The second-order valence-corrected chi connectivity index (χ2v) is 4.97. The van der Waals surface area contributed by atoms with E-state index < -0.39 is 0 Å². The SMILES string of the molecule is CCNCc1oc(CN(CC)C(C)COC)cc1C. The molecule has 0 spiro atoms. The van der Waals surface area contributed by atoms with Gasteiger partial charge < -0.3 is 14.5 Å². The number of nitrogens with one attached hydrogen (secondary N) is 1. The van der Waals surface area contributed by atoms with Gasteiger partial charge in [-0.05, 0) is 38.6 Å². The van der Waals surface area contributed by atoms with Gasteiger partial charge in [0.05, 0.1) is 19.7 Å². The van der Waals surface area contributed by atoms with Crippen molar-refractivity contribution in [2.75, 3.05) is 26.8 Å². The third-order valence-corrected chi connectivity index (χ3v) is 3.40. The second-order valence-electron chi connectivity index (χ2n) is 4.97. The van der Waals surface area contributed by atoms with Gasteiger partial charge in [0.1, 0.15) is 11.5 Å². The minimum Gasteiger partial charge on any atom is -0.463 e. The lowest BCUT2D eigenvalue weighted by Gasteiger charge is -2.26. The Morgan fingerprint density at radius 3 is 2.74 bits per heavy atom. The highest BCUT2D eigenvalue weighted by Gasteiger charge is 2.15. The third kappa shape index (κ3) is 4.97. The Morgan fingerprint density at radius 1 is 1.42 bits per heavy atom. The van der Waals surface area contributed by atoms with Gasteiger partial charge >= 0.3 is 0 Å². The standard InChI is InChI=1S/C15H28N2O2/c1-6-16-9-15-12(3)8-14(19-15)10-17(7-2)13(4)11-18-5/h8,13,16H,6-7,9-11H2,1-5H3. The minimum atomic E-state index is 0.401. The number of furan rings is 1. The molecule has 0 amide bonds. The molecule has 0 aliphatic rings. The van der Waals surface area contributed by atoms with Crippen LogP contribution in [0.3, 0.4) is 0 Å². The fraction of sp³-hybridized carbons (Fsp3) is 0.733. The summed E-state index contributed by atoms with van der Waals surface area (Å²) in [5.74, 6) is 2.09. The van der Waals surface area contributed by atoms with Crippen LogP contribution in [0.5, 0.6) is 0 Å². The number of nitrogens with zero attached hydrogens (tertiary/aromatic N) is 1. The molecule has 19 heavy (non-hydrogen) atoms. The zero-order valence-electron chi connectivity index (χ0n) is 13.0. The van der Waals surface area contributed by atoms with Crippen LogP contribution in [0.2, 0.25) is 0 Å². The molecule has 0 aromatic carbocycles. The molecule has 0 aliphatic heterocycles. The summed E-state index contributed by atoms with van der Waals surface area (Å²) in [6, 6.07) is 2.55. The van der Waals surface area contributed by atoms with Crippen LogP contribution in [-0.4, -0.2) is 37.7 Å². The molecular weight excluding hydrogens is 240 g/mol. The lowest BCUT2D eigenvalue weighted by molar-refractivity contribution is 0.0933. The van der Waals surface area contributed by atoms with E-state index >= 15 is 0 Å². The van der Waals surface area contributed by atoms with E-state index in [2.05, 4.69) is 44.0 Å². The maximum Gasteiger partial charge on any atom is 0.120 e. The second kappa shape index (κ2) is 8.35. The van der Waals surface area contributed by atoms with Gasteiger partial charge in [-0.25, -0.2) is 0 Å². The highest BCUT2D eigenvalue weighted by Crippen LogP contribution is 2.17. The molecule has 4 nitrogen and oxygen atoms in total. The fourth-order valence-corrected chi connectivity index (χ4v) is 2.21. The van der Waals surface area contributed by atoms with Crippen LogP contribution in [-0.2, 0) is 17.8 Å². The van der Waals surface area contributed by atoms with Crippen molar-refractivity contribution in [2.24, 2.45) is 0 Å². The van der Waals surface area contributed by atoms with E-state index in [-0.39, 0.29) is 0 Å². The van der Waals surface area contributed by atoms with Crippen LogP contribution in [0.15, 0.2) is 10.5 Å². The zero-order valence-corrected chi connectivity index (χ0v) is 13.0.